The Kier molecular flexibility index (Phi) is 5.45. The minimum absolute atomic E-state index is 0.300. The minimum atomic E-state index is -3.14. The monoisotopic (exact) mass is 276 g/mol. The maximum absolute atomic E-state index is 11.2. The van der Waals surface area contributed by atoms with Crippen LogP contribution >= 0.6 is 11.8 Å². The van der Waals surface area contributed by atoms with Crippen LogP contribution in [0, 0.1) is 0 Å². The molecule has 17 heavy (non-hydrogen) atoms. The summed E-state index contributed by atoms with van der Waals surface area (Å²) < 4.78 is 27.3. The summed E-state index contributed by atoms with van der Waals surface area (Å²) in [4.78, 5) is 1.23. The maximum atomic E-state index is 11.2. The van der Waals surface area contributed by atoms with Crippen LogP contribution in [0.2, 0.25) is 0 Å². The summed E-state index contributed by atoms with van der Waals surface area (Å²) >= 11 is 1.46. The molecular formula is C11H16O4S2. The van der Waals surface area contributed by atoms with E-state index in [0.29, 0.717) is 17.3 Å². The molecule has 1 aromatic carbocycles. The molecule has 96 valence electrons. The number of rotatable bonds is 6. The number of hydrogen-bond donors (Lipinski definition) is 1. The molecule has 6 heteroatoms. The second-order valence-corrected chi connectivity index (χ2v) is 6.77. The van der Waals surface area contributed by atoms with E-state index in [-0.39, 0.29) is 0 Å². The van der Waals surface area contributed by atoms with Gasteiger partial charge in [0.1, 0.15) is 0 Å². The molecule has 0 radical (unpaired) electrons. The Balaban J connectivity index is 2.57. The third-order valence-electron chi connectivity index (χ3n) is 2.05. The van der Waals surface area contributed by atoms with Crippen LogP contribution in [0.15, 0.2) is 34.1 Å². The second-order valence-electron chi connectivity index (χ2n) is 3.66. The van der Waals surface area contributed by atoms with E-state index in [4.69, 9.17) is 4.74 Å². The molecular weight excluding hydrogens is 260 g/mol. The third-order valence-corrected chi connectivity index (χ3v) is 4.34. The molecule has 0 bridgehead atoms. The highest BCUT2D eigenvalue weighted by Gasteiger charge is 2.07. The number of thioether (sulfide) groups is 1. The summed E-state index contributed by atoms with van der Waals surface area (Å²) in [7, 11) is -1.60. The summed E-state index contributed by atoms with van der Waals surface area (Å²) in [5.41, 5.74) is 0. The Morgan fingerprint density at radius 2 is 1.94 bits per heavy atom. The Hall–Kier alpha value is -0.560. The number of sulfone groups is 1. The van der Waals surface area contributed by atoms with E-state index in [0.717, 1.165) is 4.90 Å². The van der Waals surface area contributed by atoms with Crippen LogP contribution in [-0.2, 0) is 14.6 Å². The predicted molar refractivity (Wildman–Crippen MR) is 68.2 cm³/mol. The molecule has 1 aromatic rings. The summed E-state index contributed by atoms with van der Waals surface area (Å²) in [6.07, 6.45) is 0.664. The van der Waals surface area contributed by atoms with Crippen LogP contribution in [-0.4, -0.2) is 45.4 Å². The smallest absolute Gasteiger partial charge is 0.175 e. The summed E-state index contributed by atoms with van der Waals surface area (Å²) in [5, 5.41) is 9.45. The zero-order valence-corrected chi connectivity index (χ0v) is 11.4. The van der Waals surface area contributed by atoms with Gasteiger partial charge in [0.05, 0.1) is 17.6 Å². The minimum Gasteiger partial charge on any atom is -0.390 e. The molecule has 1 rings (SSSR count). The van der Waals surface area contributed by atoms with E-state index in [9.17, 15) is 13.5 Å². The molecule has 1 N–H and O–H groups in total. The van der Waals surface area contributed by atoms with Crippen LogP contribution < -0.4 is 0 Å². The third kappa shape index (κ3) is 5.08. The summed E-state index contributed by atoms with van der Waals surface area (Å²) in [5.74, 6) is 0.520. The molecule has 0 aliphatic carbocycles. The van der Waals surface area contributed by atoms with Gasteiger partial charge >= 0.3 is 0 Å². The maximum Gasteiger partial charge on any atom is 0.175 e. The molecule has 0 amide bonds. The van der Waals surface area contributed by atoms with Gasteiger partial charge in [-0.1, -0.05) is 0 Å². The fourth-order valence-electron chi connectivity index (χ4n) is 1.22. The van der Waals surface area contributed by atoms with Crippen molar-refractivity contribution >= 4 is 21.6 Å². The lowest BCUT2D eigenvalue weighted by atomic mass is 10.4. The molecule has 0 fully saturated rings. The van der Waals surface area contributed by atoms with Gasteiger partial charge in [-0.3, -0.25) is 0 Å². The van der Waals surface area contributed by atoms with Crippen molar-refractivity contribution in [1.82, 2.24) is 0 Å². The van der Waals surface area contributed by atoms with Crippen LogP contribution in [0.5, 0.6) is 0 Å². The van der Waals surface area contributed by atoms with E-state index >= 15 is 0 Å². The molecule has 0 heterocycles. The summed E-state index contributed by atoms with van der Waals surface area (Å²) in [6, 6.07) is 6.61. The van der Waals surface area contributed by atoms with Gasteiger partial charge in [-0.05, 0) is 24.3 Å². The molecule has 1 unspecified atom stereocenters. The number of hydrogen-bond acceptors (Lipinski definition) is 5. The number of ether oxygens (including phenoxy) is 1. The standard InChI is InChI=1S/C11H16O4S2/c1-15-7-9(12)8-16-10-3-5-11(6-4-10)17(2,13)14/h3-6,9,12H,7-8H2,1-2H3. The number of methoxy groups -OCH3 is 1. The highest BCUT2D eigenvalue weighted by Crippen LogP contribution is 2.21. The van der Waals surface area contributed by atoms with Gasteiger partial charge in [0.25, 0.3) is 0 Å². The van der Waals surface area contributed by atoms with E-state index < -0.39 is 15.9 Å². The van der Waals surface area contributed by atoms with Crippen molar-refractivity contribution in [3.8, 4) is 0 Å². The van der Waals surface area contributed by atoms with Gasteiger partial charge in [-0.15, -0.1) is 11.8 Å². The second kappa shape index (κ2) is 6.39. The average molecular weight is 276 g/mol. The largest absolute Gasteiger partial charge is 0.390 e. The first kappa shape index (κ1) is 14.5. The van der Waals surface area contributed by atoms with Crippen molar-refractivity contribution in [2.24, 2.45) is 0 Å². The zero-order chi connectivity index (χ0) is 12.9. The van der Waals surface area contributed by atoms with Crippen molar-refractivity contribution in [3.05, 3.63) is 24.3 Å². The van der Waals surface area contributed by atoms with Gasteiger partial charge in [-0.25, -0.2) is 8.42 Å². The van der Waals surface area contributed by atoms with Crippen molar-refractivity contribution < 1.29 is 18.3 Å². The SMILES string of the molecule is COCC(O)CSc1ccc(S(C)(=O)=O)cc1. The van der Waals surface area contributed by atoms with Crippen LogP contribution in [0.25, 0.3) is 0 Å². The first-order valence-electron chi connectivity index (χ1n) is 5.03. The Morgan fingerprint density at radius 3 is 2.41 bits per heavy atom. The van der Waals surface area contributed by atoms with Crippen LogP contribution in [0.3, 0.4) is 0 Å². The molecule has 4 nitrogen and oxygen atoms in total. The van der Waals surface area contributed by atoms with Crippen molar-refractivity contribution in [2.45, 2.75) is 15.9 Å². The lowest BCUT2D eigenvalue weighted by Gasteiger charge is -2.08. The van der Waals surface area contributed by atoms with Crippen molar-refractivity contribution in [1.29, 1.82) is 0 Å². The Morgan fingerprint density at radius 1 is 1.35 bits per heavy atom. The molecule has 0 aliphatic rings. The number of aliphatic hydroxyl groups is 1. The molecule has 0 aromatic heterocycles. The Bertz CT molecular complexity index is 439. The van der Waals surface area contributed by atoms with Gasteiger partial charge in [0.2, 0.25) is 0 Å². The highest BCUT2D eigenvalue weighted by atomic mass is 32.2. The fraction of sp³-hybridized carbons (Fsp3) is 0.455. The summed E-state index contributed by atoms with van der Waals surface area (Å²) in [6.45, 7) is 0.300. The lowest BCUT2D eigenvalue weighted by molar-refractivity contribution is 0.0794. The highest BCUT2D eigenvalue weighted by molar-refractivity contribution is 7.99. The van der Waals surface area contributed by atoms with E-state index in [2.05, 4.69) is 0 Å². The van der Waals surface area contributed by atoms with Crippen LogP contribution in [0.1, 0.15) is 0 Å². The van der Waals surface area contributed by atoms with Gasteiger partial charge < -0.3 is 9.84 Å². The first-order chi connectivity index (χ1) is 7.93. The predicted octanol–water partition coefficient (Wildman–Crippen LogP) is 1.19. The van der Waals surface area contributed by atoms with E-state index in [1.54, 1.807) is 24.3 Å². The first-order valence-corrected chi connectivity index (χ1v) is 7.91. The molecule has 1 atom stereocenters. The van der Waals surface area contributed by atoms with Crippen molar-refractivity contribution in [2.75, 3.05) is 25.7 Å². The quantitative estimate of drug-likeness (QED) is 0.791. The number of aliphatic hydroxyl groups excluding tert-OH is 1. The molecule has 0 spiro atoms. The van der Waals surface area contributed by atoms with Gasteiger partial charge in [-0.2, -0.15) is 0 Å². The number of benzene rings is 1. The average Bonchev–Trinajstić information content (AvgIpc) is 2.26. The lowest BCUT2D eigenvalue weighted by Crippen LogP contribution is -2.16. The van der Waals surface area contributed by atoms with Crippen LogP contribution in [0.4, 0.5) is 0 Å². The van der Waals surface area contributed by atoms with E-state index in [1.165, 1.54) is 25.1 Å². The zero-order valence-electron chi connectivity index (χ0n) is 9.79. The van der Waals surface area contributed by atoms with E-state index in [1.807, 2.05) is 0 Å². The fourth-order valence-corrected chi connectivity index (χ4v) is 2.66. The topological polar surface area (TPSA) is 63.6 Å². The molecule has 0 saturated heterocycles. The molecule has 0 aliphatic heterocycles. The molecule has 0 saturated carbocycles. The normalized spacial score (nSPS) is 13.6. The van der Waals surface area contributed by atoms with Gasteiger partial charge in [0.15, 0.2) is 9.84 Å². The Labute approximate surface area is 106 Å². The van der Waals surface area contributed by atoms with Crippen molar-refractivity contribution in [3.63, 3.8) is 0 Å². The van der Waals surface area contributed by atoms with Gasteiger partial charge in [0, 0.05) is 24.0 Å².